The first-order valence-electron chi connectivity index (χ1n) is 13.7. The molecule has 0 spiro atoms. The number of alkyl carbamates (subject to hydrolysis) is 3. The summed E-state index contributed by atoms with van der Waals surface area (Å²) in [6.07, 6.45) is 3.26. The molecule has 0 aromatic carbocycles. The highest BCUT2D eigenvalue weighted by molar-refractivity contribution is 5.67. The third-order valence-corrected chi connectivity index (χ3v) is 7.24. The molecule has 0 bridgehead atoms. The van der Waals surface area contributed by atoms with E-state index in [0.717, 1.165) is 38.5 Å². The van der Waals surface area contributed by atoms with Gasteiger partial charge in [-0.25, -0.2) is 14.4 Å². The second kappa shape index (κ2) is 32.7. The molecule has 9 nitrogen and oxygen atoms in total. The normalized spacial score (nSPS) is 14.2. The molecule has 3 N–H and O–H groups in total. The van der Waals surface area contributed by atoms with Crippen molar-refractivity contribution in [3.05, 3.63) is 0 Å². The molecular weight excluding hydrogens is 546 g/mol. The van der Waals surface area contributed by atoms with E-state index >= 15 is 0 Å². The molecule has 0 saturated carbocycles. The minimum atomic E-state index is -0.388. The van der Waals surface area contributed by atoms with Gasteiger partial charge in [-0.1, -0.05) is 72.8 Å². The Morgan fingerprint density at radius 2 is 0.767 bits per heavy atom. The van der Waals surface area contributed by atoms with Gasteiger partial charge in [-0.3, -0.25) is 0 Å². The van der Waals surface area contributed by atoms with Crippen molar-refractivity contribution in [3.8, 4) is 0 Å². The zero-order valence-electron chi connectivity index (χ0n) is 24.2. The van der Waals surface area contributed by atoms with Crippen molar-refractivity contribution >= 4 is 18.3 Å². The molecule has 0 fully saturated rings. The van der Waals surface area contributed by atoms with Crippen molar-refractivity contribution in [3.63, 3.8) is 0 Å². The van der Waals surface area contributed by atoms with Crippen LogP contribution in [-0.4, -0.2) is 56.2 Å². The van der Waals surface area contributed by atoms with E-state index in [1.807, 2.05) is 41.5 Å². The van der Waals surface area contributed by atoms with Crippen LogP contribution >= 0.6 is 0 Å². The second-order valence-electron chi connectivity index (χ2n) is 10.2. The molecule has 0 aliphatic carbocycles. The molecular formula is C34H81N3O6. The first-order chi connectivity index (χ1) is 16.9. The van der Waals surface area contributed by atoms with Crippen LogP contribution in [0.5, 0.6) is 0 Å². The van der Waals surface area contributed by atoms with Crippen LogP contribution in [0.2, 0.25) is 0 Å². The van der Waals surface area contributed by atoms with Gasteiger partial charge in [-0.2, -0.15) is 0 Å². The van der Waals surface area contributed by atoms with Crippen LogP contribution < -0.4 is 16.0 Å². The highest BCUT2D eigenvalue weighted by Gasteiger charge is 2.37. The van der Waals surface area contributed by atoms with Crippen molar-refractivity contribution in [1.82, 2.24) is 16.0 Å². The number of hydrogen-bond donors (Lipinski definition) is 3. The Bertz CT molecular complexity index is 612. The van der Waals surface area contributed by atoms with E-state index in [-0.39, 0.29) is 94.0 Å². The lowest BCUT2D eigenvalue weighted by Gasteiger charge is -2.42. The van der Waals surface area contributed by atoms with Gasteiger partial charge in [0.15, 0.2) is 0 Å². The Labute approximate surface area is 270 Å². The minimum Gasteiger partial charge on any atom is -0.447 e. The summed E-state index contributed by atoms with van der Waals surface area (Å²) < 4.78 is 16.4. The number of rotatable bonds is 17. The largest absolute Gasteiger partial charge is 0.447 e. The monoisotopic (exact) mass is 628 g/mol. The summed E-state index contributed by atoms with van der Waals surface area (Å²) >= 11 is 0. The molecule has 5 unspecified atom stereocenters. The number of hydrogen-bond acceptors (Lipinski definition) is 6. The SMILES string of the molecule is C.C.C.C.C.C.C.CCNC(=O)OC(C)CCC(C)C(C)(CCC(C)OC(=O)NCC)C(C)CCC(C)OC(=O)NCC. The van der Waals surface area contributed by atoms with Crippen LogP contribution in [0, 0.1) is 17.3 Å². The Balaban J connectivity index is -0.000000292. The van der Waals surface area contributed by atoms with Crippen molar-refractivity contribution in [2.24, 2.45) is 17.3 Å². The van der Waals surface area contributed by atoms with Gasteiger partial charge in [0.25, 0.3) is 0 Å². The van der Waals surface area contributed by atoms with Gasteiger partial charge in [-0.05, 0) is 97.3 Å². The standard InChI is InChI=1S/C27H53N3O6.7CH4/c1-10-28-24(31)34-21(6)15-13-19(4)27(9,18-17-23(8)36-26(33)30-12-3)20(5)14-16-22(7)35-25(32)29-11-2;;;;;;;/h19-23H,10-18H2,1-9H3,(H,28,31)(H,29,32)(H,30,33);7*1H4. The van der Waals surface area contributed by atoms with Crippen LogP contribution in [0.4, 0.5) is 14.4 Å². The number of amides is 3. The first-order valence-corrected chi connectivity index (χ1v) is 13.7. The Kier molecular flexibility index (Phi) is 45.7. The number of carbonyl (C=O) groups is 3. The minimum absolute atomic E-state index is 0. The lowest BCUT2D eigenvalue weighted by atomic mass is 9.63. The molecule has 0 aromatic rings. The summed E-state index contributed by atoms with van der Waals surface area (Å²) in [5, 5.41) is 8.02. The molecule has 0 aliphatic rings. The first kappa shape index (κ1) is 60.1. The molecule has 0 saturated heterocycles. The number of nitrogens with one attached hydrogen (secondary N) is 3. The summed E-state index contributed by atoms with van der Waals surface area (Å²) in [5.41, 5.74) is -0.0460. The summed E-state index contributed by atoms with van der Waals surface area (Å²) in [6, 6.07) is 0. The zero-order chi connectivity index (χ0) is 27.7. The van der Waals surface area contributed by atoms with Crippen molar-refractivity contribution in [2.45, 2.75) is 171 Å². The summed E-state index contributed by atoms with van der Waals surface area (Å²) in [4.78, 5) is 35.4. The van der Waals surface area contributed by atoms with Crippen LogP contribution in [0.25, 0.3) is 0 Å². The second-order valence-corrected chi connectivity index (χ2v) is 10.2. The maximum Gasteiger partial charge on any atom is 0.407 e. The smallest absolute Gasteiger partial charge is 0.407 e. The van der Waals surface area contributed by atoms with Gasteiger partial charge in [0.05, 0.1) is 0 Å². The number of ether oxygens (including phenoxy) is 3. The van der Waals surface area contributed by atoms with E-state index in [1.165, 1.54) is 0 Å². The molecule has 0 radical (unpaired) electrons. The van der Waals surface area contributed by atoms with E-state index in [9.17, 15) is 14.4 Å². The highest BCUT2D eigenvalue weighted by Crippen LogP contribution is 2.45. The summed E-state index contributed by atoms with van der Waals surface area (Å²) in [7, 11) is 0. The zero-order valence-corrected chi connectivity index (χ0v) is 24.2. The average Bonchev–Trinajstić information content (AvgIpc) is 2.79. The van der Waals surface area contributed by atoms with E-state index in [0.29, 0.717) is 31.5 Å². The quantitative estimate of drug-likeness (QED) is 0.138. The van der Waals surface area contributed by atoms with Crippen molar-refractivity contribution in [1.29, 1.82) is 0 Å². The lowest BCUT2D eigenvalue weighted by Crippen LogP contribution is -2.36. The number of carbonyl (C=O) groups excluding carboxylic acids is 3. The molecule has 3 amide bonds. The molecule has 0 rings (SSSR count). The fraction of sp³-hybridized carbons (Fsp3) is 0.912. The van der Waals surface area contributed by atoms with Gasteiger partial charge in [0, 0.05) is 19.6 Å². The molecule has 5 atom stereocenters. The van der Waals surface area contributed by atoms with E-state index < -0.39 is 0 Å². The maximum atomic E-state index is 11.8. The maximum absolute atomic E-state index is 11.8. The third-order valence-electron chi connectivity index (χ3n) is 7.24. The van der Waals surface area contributed by atoms with Crippen LogP contribution in [0.1, 0.15) is 153 Å². The molecule has 0 heterocycles. The molecule has 0 aromatic heterocycles. The van der Waals surface area contributed by atoms with E-state index in [1.54, 1.807) is 0 Å². The van der Waals surface area contributed by atoms with Crippen molar-refractivity contribution in [2.75, 3.05) is 19.6 Å². The topological polar surface area (TPSA) is 115 Å². The summed E-state index contributed by atoms with van der Waals surface area (Å²) in [5.74, 6) is 0.674. The predicted octanol–water partition coefficient (Wildman–Crippen LogP) is 10.5. The van der Waals surface area contributed by atoms with Crippen LogP contribution in [0.15, 0.2) is 0 Å². The molecule has 268 valence electrons. The fourth-order valence-corrected chi connectivity index (χ4v) is 4.40. The molecule has 9 heteroatoms. The molecule has 0 aliphatic heterocycles. The van der Waals surface area contributed by atoms with Gasteiger partial charge < -0.3 is 30.2 Å². The average molecular weight is 628 g/mol. The van der Waals surface area contributed by atoms with E-state index in [2.05, 4.69) is 36.7 Å². The van der Waals surface area contributed by atoms with Gasteiger partial charge in [0.1, 0.15) is 18.3 Å². The predicted molar refractivity (Wildman–Crippen MR) is 190 cm³/mol. The lowest BCUT2D eigenvalue weighted by molar-refractivity contribution is 0.0356. The Morgan fingerprint density at radius 1 is 0.512 bits per heavy atom. The summed E-state index contributed by atoms with van der Waals surface area (Å²) in [6.45, 7) is 19.8. The van der Waals surface area contributed by atoms with Crippen molar-refractivity contribution < 1.29 is 28.6 Å². The van der Waals surface area contributed by atoms with Crippen LogP contribution in [-0.2, 0) is 14.2 Å². The highest BCUT2D eigenvalue weighted by atomic mass is 16.6. The molecule has 43 heavy (non-hydrogen) atoms. The fourth-order valence-electron chi connectivity index (χ4n) is 4.40. The van der Waals surface area contributed by atoms with Gasteiger partial charge in [-0.15, -0.1) is 0 Å². The van der Waals surface area contributed by atoms with Crippen LogP contribution in [0.3, 0.4) is 0 Å². The van der Waals surface area contributed by atoms with E-state index in [4.69, 9.17) is 14.2 Å². The third kappa shape index (κ3) is 26.0. The Morgan fingerprint density at radius 3 is 1.02 bits per heavy atom. The Hall–Kier alpha value is -2.19. The van der Waals surface area contributed by atoms with Gasteiger partial charge in [0.2, 0.25) is 0 Å². The van der Waals surface area contributed by atoms with Gasteiger partial charge >= 0.3 is 18.3 Å².